The van der Waals surface area contributed by atoms with E-state index >= 15 is 0 Å². The second kappa shape index (κ2) is 5.14. The molecule has 0 saturated heterocycles. The van der Waals surface area contributed by atoms with E-state index in [4.69, 9.17) is 0 Å². The molecule has 0 aliphatic carbocycles. The van der Waals surface area contributed by atoms with Crippen LogP contribution in [0.4, 0.5) is 5.69 Å². The van der Waals surface area contributed by atoms with Gasteiger partial charge in [-0.2, -0.15) is 5.10 Å². The number of amides is 1. The fraction of sp³-hybridized carbons (Fsp3) is 0.273. The summed E-state index contributed by atoms with van der Waals surface area (Å²) in [6.07, 6.45) is 0. The van der Waals surface area contributed by atoms with Gasteiger partial charge in [-0.1, -0.05) is 0 Å². The molecule has 2 N–H and O–H groups in total. The molecule has 0 aliphatic rings. The zero-order valence-electron chi connectivity index (χ0n) is 9.16. The largest absolute Gasteiger partial charge is 0.355 e. The van der Waals surface area contributed by atoms with Crippen molar-refractivity contribution in [1.82, 2.24) is 5.32 Å². The summed E-state index contributed by atoms with van der Waals surface area (Å²) < 4.78 is 0. The molecule has 15 heavy (non-hydrogen) atoms. The lowest BCUT2D eigenvalue weighted by Crippen LogP contribution is -2.17. The molecule has 0 bridgehead atoms. The molecule has 1 rings (SSSR count). The smallest absolute Gasteiger partial charge is 0.251 e. The number of benzene rings is 1. The number of carbonyl (C=O) groups excluding carboxylic acids is 1. The predicted molar refractivity (Wildman–Crippen MR) is 62.2 cm³/mol. The van der Waals surface area contributed by atoms with Gasteiger partial charge in [0.15, 0.2) is 0 Å². The lowest BCUT2D eigenvalue weighted by Gasteiger charge is -2.02. The Labute approximate surface area is 89.4 Å². The second-order valence-electron chi connectivity index (χ2n) is 3.33. The maximum atomic E-state index is 11.2. The van der Waals surface area contributed by atoms with Crippen LogP contribution >= 0.6 is 0 Å². The third-order valence-electron chi connectivity index (χ3n) is 1.78. The van der Waals surface area contributed by atoms with Crippen LogP contribution in [0.5, 0.6) is 0 Å². The Bertz CT molecular complexity index is 364. The average molecular weight is 205 g/mol. The summed E-state index contributed by atoms with van der Waals surface area (Å²) in [5.74, 6) is -0.0864. The number of rotatable bonds is 3. The molecule has 1 aromatic rings. The van der Waals surface area contributed by atoms with Crippen molar-refractivity contribution in [1.29, 1.82) is 0 Å². The van der Waals surface area contributed by atoms with Crippen LogP contribution in [0.25, 0.3) is 0 Å². The molecule has 0 aromatic heterocycles. The molecular formula is C11H15N3O. The number of hydrazone groups is 1. The molecule has 1 amide bonds. The molecule has 0 atom stereocenters. The van der Waals surface area contributed by atoms with E-state index in [2.05, 4.69) is 15.8 Å². The van der Waals surface area contributed by atoms with Crippen molar-refractivity contribution in [2.45, 2.75) is 13.8 Å². The van der Waals surface area contributed by atoms with Gasteiger partial charge in [-0.3, -0.25) is 10.2 Å². The summed E-state index contributed by atoms with van der Waals surface area (Å²) in [4.78, 5) is 11.2. The minimum atomic E-state index is -0.0864. The fourth-order valence-corrected chi connectivity index (χ4v) is 1.02. The van der Waals surface area contributed by atoms with Gasteiger partial charge in [0, 0.05) is 18.3 Å². The van der Waals surface area contributed by atoms with Crippen molar-refractivity contribution in [3.8, 4) is 0 Å². The highest BCUT2D eigenvalue weighted by atomic mass is 16.1. The third kappa shape index (κ3) is 3.42. The molecule has 0 fully saturated rings. The van der Waals surface area contributed by atoms with Gasteiger partial charge in [0.05, 0.1) is 5.69 Å². The van der Waals surface area contributed by atoms with Crippen molar-refractivity contribution in [2.24, 2.45) is 5.10 Å². The van der Waals surface area contributed by atoms with E-state index in [-0.39, 0.29) is 5.91 Å². The van der Waals surface area contributed by atoms with Gasteiger partial charge < -0.3 is 5.32 Å². The maximum Gasteiger partial charge on any atom is 0.251 e. The Morgan fingerprint density at radius 1 is 1.20 bits per heavy atom. The zero-order valence-corrected chi connectivity index (χ0v) is 9.16. The molecule has 0 radical (unpaired) electrons. The van der Waals surface area contributed by atoms with Gasteiger partial charge in [0.2, 0.25) is 0 Å². The topological polar surface area (TPSA) is 53.5 Å². The average Bonchev–Trinajstić information content (AvgIpc) is 2.26. The molecule has 0 unspecified atom stereocenters. The quantitative estimate of drug-likeness (QED) is 0.584. The van der Waals surface area contributed by atoms with E-state index in [1.165, 1.54) is 0 Å². The summed E-state index contributed by atoms with van der Waals surface area (Å²) in [6.45, 7) is 3.82. The highest BCUT2D eigenvalue weighted by Crippen LogP contribution is 2.09. The van der Waals surface area contributed by atoms with Crippen molar-refractivity contribution < 1.29 is 4.79 Å². The third-order valence-corrected chi connectivity index (χ3v) is 1.78. The maximum absolute atomic E-state index is 11.2. The zero-order chi connectivity index (χ0) is 11.3. The molecule has 0 aliphatic heterocycles. The highest BCUT2D eigenvalue weighted by Gasteiger charge is 2.01. The number of hydrogen-bond acceptors (Lipinski definition) is 3. The molecule has 0 saturated carbocycles. The van der Waals surface area contributed by atoms with Crippen LogP contribution in [-0.4, -0.2) is 18.7 Å². The minimum Gasteiger partial charge on any atom is -0.355 e. The number of carbonyl (C=O) groups is 1. The first kappa shape index (κ1) is 11.2. The van der Waals surface area contributed by atoms with Crippen LogP contribution in [0, 0.1) is 0 Å². The van der Waals surface area contributed by atoms with Gasteiger partial charge in [-0.15, -0.1) is 0 Å². The summed E-state index contributed by atoms with van der Waals surface area (Å²) in [6, 6.07) is 7.14. The van der Waals surface area contributed by atoms with E-state index in [0.717, 1.165) is 11.4 Å². The van der Waals surface area contributed by atoms with Gasteiger partial charge in [-0.05, 0) is 38.1 Å². The Kier molecular flexibility index (Phi) is 3.85. The van der Waals surface area contributed by atoms with E-state index in [1.54, 1.807) is 19.2 Å². The summed E-state index contributed by atoms with van der Waals surface area (Å²) in [7, 11) is 1.61. The van der Waals surface area contributed by atoms with E-state index < -0.39 is 0 Å². The lowest BCUT2D eigenvalue weighted by atomic mass is 10.2. The van der Waals surface area contributed by atoms with Crippen LogP contribution in [0.15, 0.2) is 29.4 Å². The first-order valence-electron chi connectivity index (χ1n) is 4.72. The molecule has 0 heterocycles. The van der Waals surface area contributed by atoms with E-state index in [9.17, 15) is 4.79 Å². The Balaban J connectivity index is 2.72. The molecule has 4 nitrogen and oxygen atoms in total. The summed E-state index contributed by atoms with van der Waals surface area (Å²) >= 11 is 0. The predicted octanol–water partition coefficient (Wildman–Crippen LogP) is 1.85. The van der Waals surface area contributed by atoms with Gasteiger partial charge in [-0.25, -0.2) is 0 Å². The van der Waals surface area contributed by atoms with Crippen LogP contribution < -0.4 is 10.7 Å². The van der Waals surface area contributed by atoms with Crippen molar-refractivity contribution in [2.75, 3.05) is 12.5 Å². The van der Waals surface area contributed by atoms with E-state index in [1.807, 2.05) is 26.0 Å². The number of anilines is 1. The fourth-order valence-electron chi connectivity index (χ4n) is 1.02. The van der Waals surface area contributed by atoms with Crippen LogP contribution in [-0.2, 0) is 0 Å². The van der Waals surface area contributed by atoms with Crippen molar-refractivity contribution in [3.05, 3.63) is 29.8 Å². The van der Waals surface area contributed by atoms with Crippen LogP contribution in [0.3, 0.4) is 0 Å². The van der Waals surface area contributed by atoms with E-state index in [0.29, 0.717) is 5.56 Å². The molecule has 80 valence electrons. The van der Waals surface area contributed by atoms with Crippen molar-refractivity contribution >= 4 is 17.3 Å². The monoisotopic (exact) mass is 205 g/mol. The standard InChI is InChI=1S/C11H15N3O/c1-8(2)13-14-10-6-4-9(5-7-10)11(15)12-3/h4-7,14H,1-3H3,(H,12,15). The highest BCUT2D eigenvalue weighted by molar-refractivity contribution is 5.94. The molecular weight excluding hydrogens is 190 g/mol. The van der Waals surface area contributed by atoms with Gasteiger partial charge in [0.1, 0.15) is 0 Å². The Morgan fingerprint density at radius 3 is 2.27 bits per heavy atom. The number of nitrogens with zero attached hydrogens (tertiary/aromatic N) is 1. The minimum absolute atomic E-state index is 0.0864. The summed E-state index contributed by atoms with van der Waals surface area (Å²) in [5.41, 5.74) is 5.34. The Morgan fingerprint density at radius 2 is 1.80 bits per heavy atom. The lowest BCUT2D eigenvalue weighted by molar-refractivity contribution is 0.0963. The van der Waals surface area contributed by atoms with Crippen LogP contribution in [0.1, 0.15) is 24.2 Å². The van der Waals surface area contributed by atoms with Crippen molar-refractivity contribution in [3.63, 3.8) is 0 Å². The number of hydrogen-bond donors (Lipinski definition) is 2. The first-order chi connectivity index (χ1) is 7.13. The first-order valence-corrected chi connectivity index (χ1v) is 4.72. The van der Waals surface area contributed by atoms with Crippen LogP contribution in [0.2, 0.25) is 0 Å². The summed E-state index contributed by atoms with van der Waals surface area (Å²) in [5, 5.41) is 6.62. The Hall–Kier alpha value is -1.84. The molecule has 1 aromatic carbocycles. The van der Waals surface area contributed by atoms with Gasteiger partial charge in [0.25, 0.3) is 5.91 Å². The normalized spacial score (nSPS) is 9.27. The molecule has 0 spiro atoms. The SMILES string of the molecule is CNC(=O)c1ccc(NN=C(C)C)cc1. The second-order valence-corrected chi connectivity index (χ2v) is 3.33. The molecule has 4 heteroatoms. The van der Waals surface area contributed by atoms with Gasteiger partial charge >= 0.3 is 0 Å². The number of nitrogens with one attached hydrogen (secondary N) is 2.